The van der Waals surface area contributed by atoms with Gasteiger partial charge in [0, 0.05) is 29.7 Å². The molecule has 0 aliphatic carbocycles. The molecule has 0 bridgehead atoms. The molecule has 0 aromatic carbocycles. The number of aromatic nitrogens is 2. The molecule has 0 N–H and O–H groups in total. The van der Waals surface area contributed by atoms with Gasteiger partial charge in [-0.3, -0.25) is 0 Å². The lowest BCUT2D eigenvalue weighted by molar-refractivity contribution is 0.304. The zero-order valence-electron chi connectivity index (χ0n) is 11.9. The van der Waals surface area contributed by atoms with E-state index in [1.807, 2.05) is 13.0 Å². The molecule has 1 aliphatic rings. The van der Waals surface area contributed by atoms with Gasteiger partial charge in [0.15, 0.2) is 0 Å². The van der Waals surface area contributed by atoms with Crippen molar-refractivity contribution in [3.8, 4) is 5.88 Å². The standard InChI is InChI=1S/C14H22BrN3O/c1-4-7-19-13-8-11(3)16-14(17-13)18-6-5-10(2)12(18)9-15/h8,10,12H,4-7,9H2,1-3H3. The fraction of sp³-hybridized carbons (Fsp3) is 0.714. The maximum Gasteiger partial charge on any atom is 0.229 e. The minimum absolute atomic E-state index is 0.473. The summed E-state index contributed by atoms with van der Waals surface area (Å²) in [6, 6.07) is 2.38. The fourth-order valence-corrected chi connectivity index (χ4v) is 3.41. The zero-order valence-corrected chi connectivity index (χ0v) is 13.5. The number of halogens is 1. The van der Waals surface area contributed by atoms with Gasteiger partial charge in [0.25, 0.3) is 0 Å². The van der Waals surface area contributed by atoms with E-state index in [9.17, 15) is 0 Å². The van der Waals surface area contributed by atoms with E-state index in [2.05, 4.69) is 44.6 Å². The topological polar surface area (TPSA) is 38.2 Å². The van der Waals surface area contributed by atoms with Crippen LogP contribution in [0.25, 0.3) is 0 Å². The molecule has 1 fully saturated rings. The van der Waals surface area contributed by atoms with E-state index in [1.165, 1.54) is 6.42 Å². The molecule has 1 aromatic heterocycles. The largest absolute Gasteiger partial charge is 0.478 e. The third-order valence-electron chi connectivity index (χ3n) is 3.57. The molecule has 1 saturated heterocycles. The minimum atomic E-state index is 0.473. The Hall–Kier alpha value is -0.840. The fourth-order valence-electron chi connectivity index (χ4n) is 2.43. The van der Waals surface area contributed by atoms with Crippen molar-refractivity contribution in [2.75, 3.05) is 23.4 Å². The van der Waals surface area contributed by atoms with Crippen LogP contribution in [0.3, 0.4) is 0 Å². The van der Waals surface area contributed by atoms with E-state index in [0.717, 1.165) is 29.9 Å². The molecule has 0 amide bonds. The lowest BCUT2D eigenvalue weighted by Crippen LogP contribution is -2.34. The molecule has 106 valence electrons. The quantitative estimate of drug-likeness (QED) is 0.778. The van der Waals surface area contributed by atoms with E-state index in [-0.39, 0.29) is 0 Å². The Bertz CT molecular complexity index is 427. The van der Waals surface area contributed by atoms with Crippen LogP contribution in [0.4, 0.5) is 5.95 Å². The summed E-state index contributed by atoms with van der Waals surface area (Å²) >= 11 is 3.60. The first-order valence-electron chi connectivity index (χ1n) is 6.96. The summed E-state index contributed by atoms with van der Waals surface area (Å²) in [6.07, 6.45) is 2.18. The highest BCUT2D eigenvalue weighted by atomic mass is 79.9. The maximum atomic E-state index is 5.64. The highest BCUT2D eigenvalue weighted by Crippen LogP contribution is 2.29. The van der Waals surface area contributed by atoms with Crippen molar-refractivity contribution in [2.24, 2.45) is 5.92 Å². The zero-order chi connectivity index (χ0) is 13.8. The predicted octanol–water partition coefficient (Wildman–Crippen LogP) is 3.18. The second-order valence-corrected chi connectivity index (χ2v) is 5.82. The number of hydrogen-bond acceptors (Lipinski definition) is 4. The van der Waals surface area contributed by atoms with Crippen LogP contribution in [0.5, 0.6) is 5.88 Å². The van der Waals surface area contributed by atoms with Gasteiger partial charge in [0.05, 0.1) is 6.61 Å². The molecule has 5 heteroatoms. The number of ether oxygens (including phenoxy) is 1. The molecule has 2 rings (SSSR count). The van der Waals surface area contributed by atoms with Gasteiger partial charge >= 0.3 is 0 Å². The number of nitrogens with zero attached hydrogens (tertiary/aromatic N) is 3. The Balaban J connectivity index is 2.21. The SMILES string of the molecule is CCCOc1cc(C)nc(N2CCC(C)C2CBr)n1. The van der Waals surface area contributed by atoms with Crippen molar-refractivity contribution in [3.63, 3.8) is 0 Å². The smallest absolute Gasteiger partial charge is 0.229 e. The number of aryl methyl sites for hydroxylation is 1. The number of alkyl halides is 1. The van der Waals surface area contributed by atoms with E-state index in [0.29, 0.717) is 24.4 Å². The third-order valence-corrected chi connectivity index (χ3v) is 4.23. The minimum Gasteiger partial charge on any atom is -0.478 e. The maximum absolute atomic E-state index is 5.64. The van der Waals surface area contributed by atoms with Gasteiger partial charge in [-0.05, 0) is 25.7 Å². The number of anilines is 1. The molecular formula is C14H22BrN3O. The Morgan fingerprint density at radius 3 is 2.95 bits per heavy atom. The van der Waals surface area contributed by atoms with Gasteiger partial charge in [-0.15, -0.1) is 0 Å². The summed E-state index contributed by atoms with van der Waals surface area (Å²) in [5, 5.41) is 0.955. The lowest BCUT2D eigenvalue weighted by Gasteiger charge is -2.25. The van der Waals surface area contributed by atoms with Crippen LogP contribution in [0.1, 0.15) is 32.4 Å². The normalized spacial score (nSPS) is 22.8. The second-order valence-electron chi connectivity index (χ2n) is 5.18. The molecule has 0 saturated carbocycles. The average molecular weight is 328 g/mol. The number of hydrogen-bond donors (Lipinski definition) is 0. The molecule has 2 unspecified atom stereocenters. The van der Waals surface area contributed by atoms with Crippen LogP contribution in [0.15, 0.2) is 6.07 Å². The van der Waals surface area contributed by atoms with Crippen LogP contribution in [-0.4, -0.2) is 34.5 Å². The van der Waals surface area contributed by atoms with E-state index >= 15 is 0 Å². The van der Waals surface area contributed by atoms with Crippen LogP contribution >= 0.6 is 15.9 Å². The van der Waals surface area contributed by atoms with Gasteiger partial charge < -0.3 is 9.64 Å². The molecule has 0 spiro atoms. The monoisotopic (exact) mass is 327 g/mol. The van der Waals surface area contributed by atoms with Crippen molar-refractivity contribution in [3.05, 3.63) is 11.8 Å². The number of rotatable bonds is 5. The van der Waals surface area contributed by atoms with Gasteiger partial charge in [0.2, 0.25) is 11.8 Å². The highest BCUT2D eigenvalue weighted by molar-refractivity contribution is 9.09. The van der Waals surface area contributed by atoms with Crippen molar-refractivity contribution in [1.82, 2.24) is 9.97 Å². The Kier molecular flexibility index (Phi) is 5.02. The molecule has 2 heterocycles. The molecule has 0 radical (unpaired) electrons. The first-order valence-corrected chi connectivity index (χ1v) is 8.09. The van der Waals surface area contributed by atoms with E-state index in [1.54, 1.807) is 0 Å². The lowest BCUT2D eigenvalue weighted by atomic mass is 10.1. The summed E-state index contributed by atoms with van der Waals surface area (Å²) in [6.45, 7) is 8.10. The Labute approximate surface area is 123 Å². The summed E-state index contributed by atoms with van der Waals surface area (Å²) in [5.41, 5.74) is 0.962. The molecule has 1 aliphatic heterocycles. The average Bonchev–Trinajstić information content (AvgIpc) is 2.76. The van der Waals surface area contributed by atoms with Gasteiger partial charge in [0.1, 0.15) is 0 Å². The molecule has 2 atom stereocenters. The van der Waals surface area contributed by atoms with Crippen molar-refractivity contribution in [2.45, 2.75) is 39.7 Å². The molecule has 19 heavy (non-hydrogen) atoms. The van der Waals surface area contributed by atoms with Crippen molar-refractivity contribution < 1.29 is 4.74 Å². The third kappa shape index (κ3) is 3.38. The van der Waals surface area contributed by atoms with Crippen LogP contribution in [0.2, 0.25) is 0 Å². The molecular weight excluding hydrogens is 306 g/mol. The Morgan fingerprint density at radius 2 is 2.26 bits per heavy atom. The predicted molar refractivity (Wildman–Crippen MR) is 81.3 cm³/mol. The summed E-state index contributed by atoms with van der Waals surface area (Å²) < 4.78 is 5.64. The molecule has 4 nitrogen and oxygen atoms in total. The first kappa shape index (κ1) is 14.6. The highest BCUT2D eigenvalue weighted by Gasteiger charge is 2.32. The van der Waals surface area contributed by atoms with Gasteiger partial charge in [-0.2, -0.15) is 4.98 Å². The molecule has 1 aromatic rings. The van der Waals surface area contributed by atoms with Crippen LogP contribution < -0.4 is 9.64 Å². The Morgan fingerprint density at radius 1 is 1.47 bits per heavy atom. The van der Waals surface area contributed by atoms with Crippen LogP contribution in [0, 0.1) is 12.8 Å². The van der Waals surface area contributed by atoms with Gasteiger partial charge in [-0.25, -0.2) is 4.98 Å². The van der Waals surface area contributed by atoms with Crippen molar-refractivity contribution in [1.29, 1.82) is 0 Å². The van der Waals surface area contributed by atoms with E-state index < -0.39 is 0 Å². The van der Waals surface area contributed by atoms with Crippen molar-refractivity contribution >= 4 is 21.9 Å². The summed E-state index contributed by atoms with van der Waals surface area (Å²) in [7, 11) is 0. The van der Waals surface area contributed by atoms with E-state index in [4.69, 9.17) is 4.74 Å². The first-order chi connectivity index (χ1) is 9.15. The summed E-state index contributed by atoms with van der Waals surface area (Å²) in [4.78, 5) is 11.4. The van der Waals surface area contributed by atoms with Gasteiger partial charge in [-0.1, -0.05) is 29.8 Å². The summed E-state index contributed by atoms with van der Waals surface area (Å²) in [5.74, 6) is 2.17. The van der Waals surface area contributed by atoms with Crippen LogP contribution in [-0.2, 0) is 0 Å². The second kappa shape index (κ2) is 6.55.